The first-order valence-corrected chi connectivity index (χ1v) is 6.35. The molecule has 0 aliphatic carbocycles. The Bertz CT molecular complexity index is 177. The molecule has 1 N–H and O–H groups in total. The SMILES string of the molecule is O=CCOCCOCCOCCOCCOCCO. The van der Waals surface area contributed by atoms with Crippen molar-refractivity contribution in [2.45, 2.75) is 0 Å². The molecule has 0 radical (unpaired) electrons. The highest BCUT2D eigenvalue weighted by Gasteiger charge is 1.92. The average Bonchev–Trinajstić information content (AvgIpc) is 2.43. The minimum atomic E-state index is 0.0310. The van der Waals surface area contributed by atoms with Crippen LogP contribution in [0.1, 0.15) is 0 Å². The Morgan fingerprint density at radius 2 is 1.00 bits per heavy atom. The van der Waals surface area contributed by atoms with Crippen molar-refractivity contribution >= 4 is 6.29 Å². The van der Waals surface area contributed by atoms with Gasteiger partial charge in [0.25, 0.3) is 0 Å². The zero-order valence-corrected chi connectivity index (χ0v) is 11.3. The molecule has 0 amide bonds. The maximum atomic E-state index is 9.92. The van der Waals surface area contributed by atoms with Crippen molar-refractivity contribution in [1.29, 1.82) is 0 Å². The monoisotopic (exact) mass is 280 g/mol. The highest BCUT2D eigenvalue weighted by molar-refractivity contribution is 5.50. The lowest BCUT2D eigenvalue weighted by atomic mass is 10.7. The summed E-state index contributed by atoms with van der Waals surface area (Å²) in [5, 5.41) is 8.45. The van der Waals surface area contributed by atoms with Gasteiger partial charge >= 0.3 is 0 Å². The van der Waals surface area contributed by atoms with Gasteiger partial charge in [0.1, 0.15) is 12.9 Å². The Hall–Kier alpha value is -0.570. The van der Waals surface area contributed by atoms with E-state index in [0.29, 0.717) is 65.7 Å². The van der Waals surface area contributed by atoms with Crippen LogP contribution in [0.15, 0.2) is 0 Å². The van der Waals surface area contributed by atoms with Crippen molar-refractivity contribution in [3.8, 4) is 0 Å². The van der Waals surface area contributed by atoms with E-state index in [9.17, 15) is 4.79 Å². The van der Waals surface area contributed by atoms with Gasteiger partial charge in [-0.2, -0.15) is 0 Å². The predicted octanol–water partition coefficient (Wildman–Crippen LogP) is -0.739. The quantitative estimate of drug-likeness (QED) is 0.294. The number of aliphatic hydroxyl groups excluding tert-OH is 1. The van der Waals surface area contributed by atoms with Crippen LogP contribution in [0, 0.1) is 0 Å². The number of ether oxygens (including phenoxy) is 5. The van der Waals surface area contributed by atoms with E-state index in [1.807, 2.05) is 0 Å². The van der Waals surface area contributed by atoms with Crippen molar-refractivity contribution in [2.75, 3.05) is 72.7 Å². The summed E-state index contributed by atoms with van der Waals surface area (Å²) < 4.78 is 25.6. The summed E-state index contributed by atoms with van der Waals surface area (Å²) in [5.41, 5.74) is 0. The maximum Gasteiger partial charge on any atom is 0.145 e. The van der Waals surface area contributed by atoms with Crippen LogP contribution in [0.2, 0.25) is 0 Å². The number of aldehydes is 1. The lowest BCUT2D eigenvalue weighted by molar-refractivity contribution is -0.112. The second-order valence-corrected chi connectivity index (χ2v) is 3.41. The molecule has 0 bridgehead atoms. The first kappa shape index (κ1) is 18.4. The van der Waals surface area contributed by atoms with Gasteiger partial charge in [0.2, 0.25) is 0 Å². The standard InChI is InChI=1S/C12H24O7/c13-1-3-15-5-7-17-9-11-19-12-10-18-8-6-16-4-2-14/h1,14H,2-12H2. The van der Waals surface area contributed by atoms with Gasteiger partial charge < -0.3 is 33.6 Å². The number of rotatable bonds is 16. The molecular formula is C12H24O7. The van der Waals surface area contributed by atoms with Crippen molar-refractivity contribution in [1.82, 2.24) is 0 Å². The first-order chi connectivity index (χ1) is 9.41. The van der Waals surface area contributed by atoms with Gasteiger partial charge in [-0.15, -0.1) is 0 Å². The minimum absolute atomic E-state index is 0.0310. The fourth-order valence-corrected chi connectivity index (χ4v) is 1.08. The van der Waals surface area contributed by atoms with E-state index in [-0.39, 0.29) is 13.2 Å². The van der Waals surface area contributed by atoms with Crippen molar-refractivity contribution in [3.05, 3.63) is 0 Å². The van der Waals surface area contributed by atoms with E-state index in [1.54, 1.807) is 0 Å². The number of hydrogen-bond donors (Lipinski definition) is 1. The summed E-state index contributed by atoms with van der Waals surface area (Å²) in [5.74, 6) is 0. The van der Waals surface area contributed by atoms with E-state index >= 15 is 0 Å². The van der Waals surface area contributed by atoms with E-state index < -0.39 is 0 Å². The molecule has 0 saturated heterocycles. The normalized spacial score (nSPS) is 10.8. The third-order valence-corrected chi connectivity index (χ3v) is 1.91. The van der Waals surface area contributed by atoms with Gasteiger partial charge in [0.15, 0.2) is 0 Å². The zero-order valence-electron chi connectivity index (χ0n) is 11.3. The second kappa shape index (κ2) is 17.4. The van der Waals surface area contributed by atoms with E-state index in [0.717, 1.165) is 0 Å². The van der Waals surface area contributed by atoms with E-state index in [2.05, 4.69) is 0 Å². The van der Waals surface area contributed by atoms with Gasteiger partial charge in [-0.1, -0.05) is 0 Å². The summed E-state index contributed by atoms with van der Waals surface area (Å²) in [6.07, 6.45) is 0.706. The smallest absolute Gasteiger partial charge is 0.145 e. The number of carbonyl (C=O) groups is 1. The highest BCUT2D eigenvalue weighted by Crippen LogP contribution is 1.83. The molecule has 0 heterocycles. The first-order valence-electron chi connectivity index (χ1n) is 6.35. The van der Waals surface area contributed by atoms with Crippen LogP contribution in [0.25, 0.3) is 0 Å². The summed E-state index contributed by atoms with van der Waals surface area (Å²) in [7, 11) is 0. The maximum absolute atomic E-state index is 9.92. The number of hydrogen-bond acceptors (Lipinski definition) is 7. The average molecular weight is 280 g/mol. The Morgan fingerprint density at radius 3 is 1.37 bits per heavy atom. The van der Waals surface area contributed by atoms with Crippen LogP contribution in [-0.2, 0) is 28.5 Å². The summed E-state index contributed by atoms with van der Waals surface area (Å²) in [6, 6.07) is 0. The fraction of sp³-hybridized carbons (Fsp3) is 0.917. The van der Waals surface area contributed by atoms with Crippen LogP contribution in [0.3, 0.4) is 0 Å². The van der Waals surface area contributed by atoms with Gasteiger partial charge in [-0.25, -0.2) is 0 Å². The molecule has 0 aromatic carbocycles. The Kier molecular flexibility index (Phi) is 16.9. The molecule has 0 spiro atoms. The molecule has 7 nitrogen and oxygen atoms in total. The van der Waals surface area contributed by atoms with E-state index in [4.69, 9.17) is 28.8 Å². The minimum Gasteiger partial charge on any atom is -0.394 e. The van der Waals surface area contributed by atoms with Crippen molar-refractivity contribution in [3.63, 3.8) is 0 Å². The molecule has 0 fully saturated rings. The number of aliphatic hydroxyl groups is 1. The lowest BCUT2D eigenvalue weighted by Gasteiger charge is -2.07. The molecule has 0 saturated carbocycles. The van der Waals surface area contributed by atoms with Crippen LogP contribution in [0.4, 0.5) is 0 Å². The Labute approximate surface area is 113 Å². The van der Waals surface area contributed by atoms with Gasteiger partial charge in [0.05, 0.1) is 66.1 Å². The molecule has 0 aromatic rings. The number of carbonyl (C=O) groups excluding carboxylic acids is 1. The molecular weight excluding hydrogens is 256 g/mol. The molecule has 0 rings (SSSR count). The second-order valence-electron chi connectivity index (χ2n) is 3.41. The lowest BCUT2D eigenvalue weighted by Crippen LogP contribution is -2.13. The molecule has 7 heteroatoms. The van der Waals surface area contributed by atoms with Crippen molar-refractivity contribution < 1.29 is 33.6 Å². The molecule has 0 aliphatic rings. The molecule has 0 aliphatic heterocycles. The van der Waals surface area contributed by atoms with Crippen LogP contribution in [0.5, 0.6) is 0 Å². The predicted molar refractivity (Wildman–Crippen MR) is 67.2 cm³/mol. The summed E-state index contributed by atoms with van der Waals surface area (Å²) >= 11 is 0. The largest absolute Gasteiger partial charge is 0.394 e. The van der Waals surface area contributed by atoms with Crippen LogP contribution < -0.4 is 0 Å². The molecule has 0 atom stereocenters. The summed E-state index contributed by atoms with van der Waals surface area (Å²) in [6.45, 7) is 4.32. The topological polar surface area (TPSA) is 83.5 Å². The Morgan fingerprint density at radius 1 is 0.632 bits per heavy atom. The summed E-state index contributed by atoms with van der Waals surface area (Å²) in [4.78, 5) is 9.92. The fourth-order valence-electron chi connectivity index (χ4n) is 1.08. The molecule has 0 aromatic heterocycles. The van der Waals surface area contributed by atoms with Crippen LogP contribution >= 0.6 is 0 Å². The van der Waals surface area contributed by atoms with E-state index in [1.165, 1.54) is 0 Å². The zero-order chi connectivity index (χ0) is 14.0. The molecule has 0 unspecified atom stereocenters. The third-order valence-electron chi connectivity index (χ3n) is 1.91. The van der Waals surface area contributed by atoms with Crippen LogP contribution in [-0.4, -0.2) is 84.1 Å². The Balaban J connectivity index is 2.89. The van der Waals surface area contributed by atoms with Gasteiger partial charge in [0, 0.05) is 0 Å². The van der Waals surface area contributed by atoms with Gasteiger partial charge in [-0.05, 0) is 0 Å². The van der Waals surface area contributed by atoms with Crippen molar-refractivity contribution in [2.24, 2.45) is 0 Å². The molecule has 114 valence electrons. The highest BCUT2D eigenvalue weighted by atomic mass is 16.6. The third kappa shape index (κ3) is 17.4. The van der Waals surface area contributed by atoms with Gasteiger partial charge in [-0.3, -0.25) is 0 Å². The molecule has 19 heavy (non-hydrogen) atoms.